The Morgan fingerprint density at radius 1 is 0.282 bits per heavy atom. The van der Waals surface area contributed by atoms with Crippen molar-refractivity contribution in [3.8, 4) is 0 Å². The molecule has 18 heteroatoms. The average molecular weight is 1490 g/mol. The molecule has 0 rings (SSSR count). The number of ether oxygens (including phenoxy) is 3. The van der Waals surface area contributed by atoms with Crippen LogP contribution in [0.15, 0.2) is 134 Å². The maximum absolute atomic E-state index is 13.0. The van der Waals surface area contributed by atoms with E-state index in [0.29, 0.717) is 19.3 Å². The predicted molar refractivity (Wildman–Crippen MR) is 426 cm³/mol. The van der Waals surface area contributed by atoms with E-state index in [9.17, 15) is 43.5 Å². The summed E-state index contributed by atoms with van der Waals surface area (Å²) in [5.41, 5.74) is 0. The van der Waals surface area contributed by atoms with Gasteiger partial charge in [-0.1, -0.05) is 302 Å². The van der Waals surface area contributed by atoms with E-state index < -0.39 is 91.5 Å². The van der Waals surface area contributed by atoms with E-state index in [1.807, 2.05) is 0 Å². The second-order valence-corrected chi connectivity index (χ2v) is 29.7. The van der Waals surface area contributed by atoms with Crippen LogP contribution in [0.1, 0.15) is 329 Å². The molecule has 0 saturated carbocycles. The van der Waals surface area contributed by atoms with Crippen molar-refractivity contribution in [3.05, 3.63) is 134 Å². The standard InChI is InChI=1S/C85H146O16P2/c1-4-7-10-13-16-19-22-25-28-30-32-34-36-38-39-41-43-44-46-48-51-53-56-59-62-65-68-71-83(88)95-74-80(86)75-97-102(91,92)98-76-81(87)77-99-103(93,94)100-79-82(101-85(90)73-70-67-64-61-58-55-50-27-24-21-18-15-12-9-6-3)78-96-84(89)72-69-66-63-60-57-54-52-49-47-45-42-40-37-35-33-31-29-26-23-20-17-14-11-8-5-2/h8,11,16-21,25-29,32-35,38-40,42,50,80-82,86-87H,4-7,9-10,12-15,22-24,30-31,36-37,41,43-49,51-79H2,1-3H3,(H,91,92)(H,93,94)/b11-8-,19-16-,20-17-,21-18-,28-25-,29-26-,34-32-,35-33-,39-38-,42-40-,50-27-. The van der Waals surface area contributed by atoms with Gasteiger partial charge in [-0.15, -0.1) is 0 Å². The zero-order chi connectivity index (χ0) is 75.2. The molecule has 0 aromatic rings. The zero-order valence-corrected chi connectivity index (χ0v) is 66.5. The molecule has 0 aromatic heterocycles. The van der Waals surface area contributed by atoms with Gasteiger partial charge in [-0.2, -0.15) is 0 Å². The van der Waals surface area contributed by atoms with Gasteiger partial charge in [-0.05, 0) is 141 Å². The second kappa shape index (κ2) is 77.3. The van der Waals surface area contributed by atoms with Crippen LogP contribution >= 0.6 is 15.6 Å². The average Bonchev–Trinajstić information content (AvgIpc) is 0.918. The molecule has 0 fully saturated rings. The molecule has 0 amide bonds. The van der Waals surface area contributed by atoms with Crippen molar-refractivity contribution in [1.29, 1.82) is 0 Å². The molecule has 4 N–H and O–H groups in total. The third-order valence-corrected chi connectivity index (χ3v) is 18.7. The molecule has 5 atom stereocenters. The Morgan fingerprint density at radius 3 is 0.816 bits per heavy atom. The zero-order valence-electron chi connectivity index (χ0n) is 64.7. The Kier molecular flexibility index (Phi) is 74.1. The molecule has 0 aliphatic heterocycles. The maximum Gasteiger partial charge on any atom is 0.472 e. The highest BCUT2D eigenvalue weighted by atomic mass is 31.2. The smallest absolute Gasteiger partial charge is 0.463 e. The fourth-order valence-electron chi connectivity index (χ4n) is 10.7. The lowest BCUT2D eigenvalue weighted by molar-refractivity contribution is -0.161. The number of aliphatic hydroxyl groups is 2. The number of esters is 3. The number of phosphoric ester groups is 2. The first-order valence-corrected chi connectivity index (χ1v) is 43.5. The lowest BCUT2D eigenvalue weighted by Crippen LogP contribution is -2.30. The number of unbranched alkanes of at least 4 members (excludes halogenated alkanes) is 31. The Hall–Kier alpha value is -4.31. The monoisotopic (exact) mass is 1490 g/mol. The number of hydrogen-bond donors (Lipinski definition) is 4. The molecule has 16 nitrogen and oxygen atoms in total. The van der Waals surface area contributed by atoms with E-state index in [-0.39, 0.29) is 19.3 Å². The summed E-state index contributed by atoms with van der Waals surface area (Å²) in [4.78, 5) is 58.7. The lowest BCUT2D eigenvalue weighted by Gasteiger charge is -2.21. The van der Waals surface area contributed by atoms with Gasteiger partial charge in [-0.25, -0.2) is 9.13 Å². The molecule has 0 aromatic carbocycles. The van der Waals surface area contributed by atoms with E-state index in [2.05, 4.69) is 154 Å². The Labute approximate surface area is 626 Å². The SMILES string of the molecule is CC/C=C\C/C=C\C/C=C\C/C=C\C/C=C\CCCCCCCCCCCC(=O)OCC(COP(=O)(O)OCC(O)COP(=O)(O)OCC(O)COC(=O)CCCCCCCCCCCCC/C=C\C/C=C\C/C=C\C/C=C\CCCCC)OC(=O)CCCCCCC/C=C\C/C=C\CCCCC. The molecule has 0 saturated heterocycles. The highest BCUT2D eigenvalue weighted by molar-refractivity contribution is 7.47. The van der Waals surface area contributed by atoms with Crippen LogP contribution in [0.5, 0.6) is 0 Å². The maximum atomic E-state index is 13.0. The van der Waals surface area contributed by atoms with Crippen molar-refractivity contribution in [2.24, 2.45) is 0 Å². The number of aliphatic hydroxyl groups excluding tert-OH is 2. The van der Waals surface area contributed by atoms with E-state index >= 15 is 0 Å². The van der Waals surface area contributed by atoms with E-state index in [4.69, 9.17) is 32.3 Å². The summed E-state index contributed by atoms with van der Waals surface area (Å²) >= 11 is 0. The van der Waals surface area contributed by atoms with Gasteiger partial charge in [0.25, 0.3) is 0 Å². The molecule has 0 aliphatic carbocycles. The van der Waals surface area contributed by atoms with Crippen LogP contribution in [0, 0.1) is 0 Å². The number of carbonyl (C=O) groups is 3. The van der Waals surface area contributed by atoms with E-state index in [0.717, 1.165) is 154 Å². The molecule has 0 heterocycles. The van der Waals surface area contributed by atoms with Crippen molar-refractivity contribution < 1.29 is 75.8 Å². The highest BCUT2D eigenvalue weighted by Gasteiger charge is 2.29. The van der Waals surface area contributed by atoms with Gasteiger partial charge < -0.3 is 34.2 Å². The summed E-state index contributed by atoms with van der Waals surface area (Å²) < 4.78 is 61.2. The number of allylic oxidation sites excluding steroid dienone is 22. The predicted octanol–water partition coefficient (Wildman–Crippen LogP) is 23.9. The summed E-state index contributed by atoms with van der Waals surface area (Å²) in [6.45, 7) is 2.50. The van der Waals surface area contributed by atoms with Gasteiger partial charge in [0.15, 0.2) is 6.10 Å². The fourth-order valence-corrected chi connectivity index (χ4v) is 12.3. The van der Waals surface area contributed by atoms with Crippen molar-refractivity contribution in [2.75, 3.05) is 39.6 Å². The largest absolute Gasteiger partial charge is 0.472 e. The van der Waals surface area contributed by atoms with Crippen molar-refractivity contribution in [2.45, 2.75) is 347 Å². The van der Waals surface area contributed by atoms with Crippen molar-refractivity contribution >= 4 is 33.6 Å². The normalized spacial score (nSPS) is 14.7. The summed E-state index contributed by atoms with van der Waals surface area (Å²) in [5, 5.41) is 20.6. The molecule has 0 aliphatic rings. The second-order valence-electron chi connectivity index (χ2n) is 26.8. The quantitative estimate of drug-likeness (QED) is 0.0146. The van der Waals surface area contributed by atoms with Gasteiger partial charge in [0, 0.05) is 19.3 Å². The van der Waals surface area contributed by atoms with Crippen LogP contribution in [0.3, 0.4) is 0 Å². The minimum absolute atomic E-state index is 0.0846. The van der Waals surface area contributed by atoms with Crippen LogP contribution in [0.4, 0.5) is 0 Å². The number of hydrogen-bond acceptors (Lipinski definition) is 14. The topological polar surface area (TPSA) is 231 Å². The Morgan fingerprint density at radius 2 is 0.515 bits per heavy atom. The van der Waals surface area contributed by atoms with Gasteiger partial charge in [0.05, 0.1) is 26.4 Å². The molecule has 103 heavy (non-hydrogen) atoms. The lowest BCUT2D eigenvalue weighted by atomic mass is 10.0. The fraction of sp³-hybridized carbons (Fsp3) is 0.706. The van der Waals surface area contributed by atoms with Gasteiger partial charge in [0.2, 0.25) is 0 Å². The molecular formula is C85H146O16P2. The molecule has 5 unspecified atom stereocenters. The minimum atomic E-state index is -4.94. The Balaban J connectivity index is 4.58. The number of carbonyl (C=O) groups excluding carboxylic acids is 3. The third-order valence-electron chi connectivity index (χ3n) is 16.8. The molecular weight excluding hydrogens is 1340 g/mol. The molecule has 0 radical (unpaired) electrons. The van der Waals surface area contributed by atoms with Crippen molar-refractivity contribution in [3.63, 3.8) is 0 Å². The van der Waals surface area contributed by atoms with Gasteiger partial charge >= 0.3 is 33.6 Å². The van der Waals surface area contributed by atoms with Gasteiger partial charge in [0.1, 0.15) is 25.4 Å². The molecule has 0 bridgehead atoms. The minimum Gasteiger partial charge on any atom is -0.463 e. The highest BCUT2D eigenvalue weighted by Crippen LogP contribution is 2.45. The van der Waals surface area contributed by atoms with Crippen LogP contribution in [0.25, 0.3) is 0 Å². The van der Waals surface area contributed by atoms with E-state index in [1.165, 1.54) is 116 Å². The molecule has 0 spiro atoms. The first kappa shape index (κ1) is 98.7. The van der Waals surface area contributed by atoms with Crippen LogP contribution < -0.4 is 0 Å². The summed E-state index contributed by atoms with van der Waals surface area (Å²) in [7, 11) is -9.80. The van der Waals surface area contributed by atoms with E-state index in [1.54, 1.807) is 0 Å². The van der Waals surface area contributed by atoms with Gasteiger partial charge in [-0.3, -0.25) is 32.5 Å². The Bertz CT molecular complexity index is 2410. The number of phosphoric acid groups is 2. The van der Waals surface area contributed by atoms with Crippen LogP contribution in [0.2, 0.25) is 0 Å². The molecule has 592 valence electrons. The number of rotatable bonds is 76. The van der Waals surface area contributed by atoms with Crippen molar-refractivity contribution in [1.82, 2.24) is 0 Å². The summed E-state index contributed by atoms with van der Waals surface area (Å²) in [5.74, 6) is -1.60. The van der Waals surface area contributed by atoms with Crippen LogP contribution in [-0.2, 0) is 55.8 Å². The first-order chi connectivity index (χ1) is 50.2. The van der Waals surface area contributed by atoms with Crippen LogP contribution in [-0.4, -0.2) is 95.9 Å². The first-order valence-electron chi connectivity index (χ1n) is 40.5. The third kappa shape index (κ3) is 78.6. The summed E-state index contributed by atoms with van der Waals surface area (Å²) in [6, 6.07) is 0. The summed E-state index contributed by atoms with van der Waals surface area (Å²) in [6.07, 6.45) is 93.5.